The highest BCUT2D eigenvalue weighted by molar-refractivity contribution is 4.90. The van der Waals surface area contributed by atoms with Crippen molar-refractivity contribution in [2.24, 2.45) is 10.4 Å². The molecule has 0 aromatic heterocycles. The molecule has 0 rings (SSSR count). The van der Waals surface area contributed by atoms with Crippen molar-refractivity contribution in [3.8, 4) is 0 Å². The second-order valence-electron chi connectivity index (χ2n) is 2.91. The Morgan fingerprint density at radius 3 is 1.85 bits per heavy atom. The number of aliphatic hydroxyl groups excluding tert-OH is 2. The van der Waals surface area contributed by atoms with Gasteiger partial charge in [0, 0.05) is 0 Å². The Bertz CT molecular complexity index is 174. The fraction of sp³-hybridized carbons (Fsp3) is 1.00. The zero-order chi connectivity index (χ0) is 10.4. The monoisotopic (exact) mass is 190 g/mol. The molecule has 4 unspecified atom stereocenters. The van der Waals surface area contributed by atoms with Crippen LogP contribution < -0.4 is 0 Å². The summed E-state index contributed by atoms with van der Waals surface area (Å²) in [5.41, 5.74) is 0. The predicted octanol–water partition coefficient (Wildman–Crippen LogP) is 0.408. The van der Waals surface area contributed by atoms with Crippen molar-refractivity contribution < 1.29 is 10.2 Å². The quantitative estimate of drug-likeness (QED) is 0.592. The van der Waals surface area contributed by atoms with E-state index in [9.17, 15) is 14.9 Å². The lowest BCUT2D eigenvalue weighted by molar-refractivity contribution is 0.0837. The Hall–Kier alpha value is -0.880. The third kappa shape index (κ3) is 3.16. The summed E-state index contributed by atoms with van der Waals surface area (Å²) in [6.07, 6.45) is -1.83. The van der Waals surface area contributed by atoms with Crippen LogP contribution in [0, 0.1) is 9.81 Å². The highest BCUT2D eigenvalue weighted by Gasteiger charge is 2.33. The summed E-state index contributed by atoms with van der Waals surface area (Å²) in [5, 5.41) is 23.5. The molecule has 13 heavy (non-hydrogen) atoms. The van der Waals surface area contributed by atoms with Gasteiger partial charge < -0.3 is 10.2 Å². The van der Waals surface area contributed by atoms with Gasteiger partial charge in [0.1, 0.15) is 12.1 Å². The molecular weight excluding hydrogens is 176 g/mol. The van der Waals surface area contributed by atoms with Crippen LogP contribution in [0.5, 0.6) is 0 Å². The lowest BCUT2D eigenvalue weighted by atomic mass is 9.98. The second kappa shape index (κ2) is 5.71. The fourth-order valence-corrected chi connectivity index (χ4v) is 1.04. The van der Waals surface area contributed by atoms with Crippen molar-refractivity contribution in [1.82, 2.24) is 0 Å². The Labute approximate surface area is 75.9 Å². The van der Waals surface area contributed by atoms with Crippen LogP contribution in [-0.2, 0) is 0 Å². The first kappa shape index (κ1) is 12.1. The molecule has 0 aliphatic carbocycles. The second-order valence-corrected chi connectivity index (χ2v) is 2.91. The van der Waals surface area contributed by atoms with Crippen molar-refractivity contribution in [2.45, 2.75) is 44.6 Å². The highest BCUT2D eigenvalue weighted by atomic mass is 16.3. The summed E-state index contributed by atoms with van der Waals surface area (Å²) in [4.78, 5) is 20.5. The maximum Gasteiger partial charge on any atom is 0.146 e. The lowest BCUT2D eigenvalue weighted by Crippen LogP contribution is -2.40. The molecule has 0 amide bonds. The van der Waals surface area contributed by atoms with E-state index in [1.54, 1.807) is 6.92 Å². The highest BCUT2D eigenvalue weighted by Crippen LogP contribution is 2.14. The van der Waals surface area contributed by atoms with E-state index in [1.807, 2.05) is 0 Å². The molecule has 6 nitrogen and oxygen atoms in total. The summed E-state index contributed by atoms with van der Waals surface area (Å²) in [6.45, 7) is 2.97. The van der Waals surface area contributed by atoms with Crippen LogP contribution in [0.2, 0.25) is 0 Å². The minimum atomic E-state index is -1.17. The van der Waals surface area contributed by atoms with Gasteiger partial charge in [0.2, 0.25) is 0 Å². The average molecular weight is 190 g/mol. The molecule has 0 heterocycles. The lowest BCUT2D eigenvalue weighted by Gasteiger charge is -2.21. The molecule has 4 atom stereocenters. The van der Waals surface area contributed by atoms with Gasteiger partial charge in [0.15, 0.2) is 0 Å². The molecule has 6 heteroatoms. The smallest absolute Gasteiger partial charge is 0.146 e. The van der Waals surface area contributed by atoms with Crippen LogP contribution in [0.3, 0.4) is 0 Å². The zero-order valence-corrected chi connectivity index (χ0v) is 7.62. The van der Waals surface area contributed by atoms with Gasteiger partial charge >= 0.3 is 0 Å². The Balaban J connectivity index is 4.51. The van der Waals surface area contributed by atoms with Gasteiger partial charge in [0.05, 0.1) is 12.2 Å². The molecule has 0 aliphatic heterocycles. The van der Waals surface area contributed by atoms with E-state index in [0.29, 0.717) is 0 Å². The maximum atomic E-state index is 10.3. The first-order valence-corrected chi connectivity index (χ1v) is 4.09. The van der Waals surface area contributed by atoms with E-state index in [-0.39, 0.29) is 6.42 Å². The molecule has 2 N–H and O–H groups in total. The van der Waals surface area contributed by atoms with Crippen molar-refractivity contribution >= 4 is 0 Å². The normalized spacial score (nSPS) is 20.0. The van der Waals surface area contributed by atoms with Crippen molar-refractivity contribution in [3.63, 3.8) is 0 Å². The van der Waals surface area contributed by atoms with Gasteiger partial charge in [-0.05, 0) is 13.3 Å². The third-order valence-corrected chi connectivity index (χ3v) is 1.90. The molecular formula is C7H14N2O4. The molecule has 0 bridgehead atoms. The zero-order valence-electron chi connectivity index (χ0n) is 7.62. The molecule has 0 aromatic rings. The van der Waals surface area contributed by atoms with Gasteiger partial charge in [-0.15, -0.1) is 0 Å². The first-order valence-electron chi connectivity index (χ1n) is 4.09. The van der Waals surface area contributed by atoms with E-state index in [0.717, 1.165) is 0 Å². The number of nitrogens with zero attached hydrogens (tertiary/aromatic N) is 2. The Morgan fingerprint density at radius 1 is 1.15 bits per heavy atom. The van der Waals surface area contributed by atoms with Crippen LogP contribution in [-0.4, -0.2) is 34.5 Å². The van der Waals surface area contributed by atoms with E-state index >= 15 is 0 Å². The van der Waals surface area contributed by atoms with Crippen molar-refractivity contribution in [1.29, 1.82) is 0 Å². The number of hydrogen-bond acceptors (Lipinski definition) is 6. The van der Waals surface area contributed by atoms with E-state index in [2.05, 4.69) is 10.4 Å². The fourth-order valence-electron chi connectivity index (χ4n) is 1.04. The van der Waals surface area contributed by atoms with Gasteiger partial charge in [-0.3, -0.25) is 0 Å². The minimum Gasteiger partial charge on any atom is -0.391 e. The van der Waals surface area contributed by atoms with Crippen LogP contribution >= 0.6 is 0 Å². The molecule has 0 radical (unpaired) electrons. The van der Waals surface area contributed by atoms with Crippen LogP contribution in [0.25, 0.3) is 0 Å². The predicted molar refractivity (Wildman–Crippen MR) is 47.1 cm³/mol. The van der Waals surface area contributed by atoms with Gasteiger partial charge in [-0.1, -0.05) is 17.3 Å². The Morgan fingerprint density at radius 2 is 1.62 bits per heavy atom. The summed E-state index contributed by atoms with van der Waals surface area (Å²) in [6, 6.07) is -2.34. The summed E-state index contributed by atoms with van der Waals surface area (Å²) >= 11 is 0. The van der Waals surface area contributed by atoms with Crippen LogP contribution in [0.15, 0.2) is 10.4 Å². The molecule has 0 aromatic carbocycles. The summed E-state index contributed by atoms with van der Waals surface area (Å²) < 4.78 is 0. The van der Waals surface area contributed by atoms with Gasteiger partial charge in [0.25, 0.3) is 0 Å². The van der Waals surface area contributed by atoms with Crippen molar-refractivity contribution in [2.75, 3.05) is 0 Å². The van der Waals surface area contributed by atoms with Gasteiger partial charge in [-0.2, -0.15) is 9.81 Å². The number of rotatable bonds is 6. The molecule has 76 valence electrons. The number of aliphatic hydroxyl groups is 2. The topological polar surface area (TPSA) is 99.3 Å². The SMILES string of the molecule is CCC(O)C(N=O)C(N=O)C(C)O. The average Bonchev–Trinajstić information content (AvgIpc) is 2.12. The molecule has 0 saturated carbocycles. The van der Waals surface area contributed by atoms with E-state index in [1.165, 1.54) is 6.92 Å². The Kier molecular flexibility index (Phi) is 5.33. The third-order valence-electron chi connectivity index (χ3n) is 1.90. The largest absolute Gasteiger partial charge is 0.391 e. The van der Waals surface area contributed by atoms with Crippen LogP contribution in [0.1, 0.15) is 20.3 Å². The van der Waals surface area contributed by atoms with E-state index < -0.39 is 24.3 Å². The molecule has 0 saturated heterocycles. The standard InChI is InChI=1S/C7H14N2O4/c1-3-5(11)7(9-13)6(8-12)4(2)10/h4-7,10-11H,3H2,1-2H3. The van der Waals surface area contributed by atoms with Crippen molar-refractivity contribution in [3.05, 3.63) is 9.81 Å². The maximum absolute atomic E-state index is 10.3. The number of nitroso groups, excluding NO2 is 2. The molecule has 0 spiro atoms. The summed E-state index contributed by atoms with van der Waals surface area (Å²) in [5.74, 6) is 0. The summed E-state index contributed by atoms with van der Waals surface area (Å²) in [7, 11) is 0. The minimum absolute atomic E-state index is 0.287. The first-order chi connectivity index (χ1) is 6.08. The van der Waals surface area contributed by atoms with Gasteiger partial charge in [-0.25, -0.2) is 0 Å². The van der Waals surface area contributed by atoms with Crippen LogP contribution in [0.4, 0.5) is 0 Å². The molecule has 0 fully saturated rings. The van der Waals surface area contributed by atoms with E-state index in [4.69, 9.17) is 5.11 Å². The number of hydrogen-bond donors (Lipinski definition) is 2. The molecule has 0 aliphatic rings.